The molecule has 6 heteroatoms. The molecule has 0 aliphatic carbocycles. The molecule has 0 unspecified atom stereocenters. The summed E-state index contributed by atoms with van der Waals surface area (Å²) < 4.78 is 4.14. The van der Waals surface area contributed by atoms with Crippen LogP contribution in [0.1, 0.15) is 13.8 Å². The molecule has 2 aliphatic rings. The Morgan fingerprint density at radius 3 is 2.60 bits per heavy atom. The fraction of sp³-hybridized carbons (Fsp3) is 0.158. The van der Waals surface area contributed by atoms with E-state index < -0.39 is 0 Å². The van der Waals surface area contributed by atoms with Gasteiger partial charge in [0.25, 0.3) is 5.69 Å². The maximum atomic E-state index is 10.0. The van der Waals surface area contributed by atoms with Gasteiger partial charge in [0.2, 0.25) is 0 Å². The van der Waals surface area contributed by atoms with Crippen LogP contribution in [0.15, 0.2) is 58.0 Å². The molecule has 2 aliphatic heterocycles. The Labute approximate surface area is 164 Å². The smallest absolute Gasteiger partial charge is 0.494 e. The van der Waals surface area contributed by atoms with E-state index in [4.69, 9.17) is 5.11 Å². The molecule has 129 valence electrons. The fourth-order valence-electron chi connectivity index (χ4n) is 2.59. The van der Waals surface area contributed by atoms with Gasteiger partial charge in [-0.2, -0.15) is 18.2 Å². The van der Waals surface area contributed by atoms with E-state index in [0.717, 1.165) is 5.69 Å². The van der Waals surface area contributed by atoms with Crippen LogP contribution >= 0.6 is 11.8 Å². The maximum Gasteiger partial charge on any atom is 0.494 e. The summed E-state index contributed by atoms with van der Waals surface area (Å²) in [6.07, 6.45) is 1.17. The predicted molar refractivity (Wildman–Crippen MR) is 95.2 cm³/mol. The van der Waals surface area contributed by atoms with Crippen LogP contribution in [0.5, 0.6) is 0 Å². The zero-order valence-electron chi connectivity index (χ0n) is 14.0. The maximum absolute atomic E-state index is 10.0. The average Bonchev–Trinajstić information content (AvgIpc) is 2.86. The standard InChI is InChI=1S/C14H9N2S.C5H8O2.Ir/c1-15-9-16-10-5-2-3-7-12(10)17-13-8-4-6-11(15)14(13)16;1-4(6)3-5(2)7;/h2-4,6-8H,1H3;3,6H,1-2H3;/q+1;;/b;4-3-;. The molecule has 1 N–H and O–H groups in total. The fourth-order valence-corrected chi connectivity index (χ4v) is 3.66. The second kappa shape index (κ2) is 7.94. The Morgan fingerprint density at radius 2 is 1.96 bits per heavy atom. The summed E-state index contributed by atoms with van der Waals surface area (Å²) in [6.45, 7) is 2.85. The number of nitrogens with zero attached hydrogens (tertiary/aromatic N) is 2. The summed E-state index contributed by atoms with van der Waals surface area (Å²) in [5.74, 6) is -0.0625. The molecule has 25 heavy (non-hydrogen) atoms. The first-order valence-electron chi connectivity index (χ1n) is 7.47. The van der Waals surface area contributed by atoms with Crippen LogP contribution in [0, 0.1) is 6.07 Å². The molecule has 4 nitrogen and oxygen atoms in total. The Balaban J connectivity index is 0.000000246. The minimum Gasteiger partial charge on any atom is -0.512 e. The van der Waals surface area contributed by atoms with E-state index in [1.807, 2.05) is 23.8 Å². The number of ketones is 1. The van der Waals surface area contributed by atoms with Crippen molar-refractivity contribution in [1.29, 1.82) is 0 Å². The second-order valence-corrected chi connectivity index (χ2v) is 6.58. The van der Waals surface area contributed by atoms with E-state index in [2.05, 4.69) is 40.9 Å². The van der Waals surface area contributed by atoms with E-state index in [1.54, 1.807) is 11.8 Å². The van der Waals surface area contributed by atoms with Crippen molar-refractivity contribution >= 4 is 40.6 Å². The van der Waals surface area contributed by atoms with E-state index in [1.165, 1.54) is 41.1 Å². The van der Waals surface area contributed by atoms with Crippen molar-refractivity contribution in [2.24, 2.45) is 0 Å². The minimum atomic E-state index is -0.125. The molecule has 2 heterocycles. The molecule has 0 saturated carbocycles. The normalized spacial score (nSPS) is 13.3. The number of carbonyl (C=O) groups is 1. The number of rotatable bonds is 1. The molecule has 4 rings (SSSR count). The van der Waals surface area contributed by atoms with Crippen molar-refractivity contribution in [2.45, 2.75) is 23.6 Å². The monoisotopic (exact) mass is 530 g/mol. The largest absolute Gasteiger partial charge is 0.512 e. The third-order valence-electron chi connectivity index (χ3n) is 3.47. The van der Waals surface area contributed by atoms with Crippen molar-refractivity contribution in [3.8, 4) is 0 Å². The van der Waals surface area contributed by atoms with Crippen LogP contribution < -0.4 is 4.58 Å². The van der Waals surface area contributed by atoms with Gasteiger partial charge < -0.3 is 5.11 Å². The van der Waals surface area contributed by atoms with E-state index in [0.29, 0.717) is 0 Å². The first kappa shape index (κ1) is 19.4. The molecule has 0 fully saturated rings. The Hall–Kier alpha value is -1.97. The average molecular weight is 530 g/mol. The summed E-state index contributed by atoms with van der Waals surface area (Å²) in [6, 6.07) is 19.1. The quantitative estimate of drug-likeness (QED) is 0.222. The summed E-state index contributed by atoms with van der Waals surface area (Å²) in [5, 5.41) is 8.36. The molecule has 0 aromatic heterocycles. The van der Waals surface area contributed by atoms with Gasteiger partial charge in [0.1, 0.15) is 5.69 Å². The van der Waals surface area contributed by atoms with Crippen molar-refractivity contribution in [3.63, 3.8) is 0 Å². The van der Waals surface area contributed by atoms with Crippen LogP contribution in [0.25, 0.3) is 0 Å². The third-order valence-corrected chi connectivity index (χ3v) is 4.56. The molecule has 0 spiro atoms. The first-order valence-corrected chi connectivity index (χ1v) is 8.28. The number of para-hydroxylation sites is 2. The van der Waals surface area contributed by atoms with Crippen molar-refractivity contribution in [1.82, 2.24) is 4.58 Å². The van der Waals surface area contributed by atoms with Crippen LogP contribution in [-0.4, -0.2) is 28.5 Å². The number of fused-ring (bicyclic) bond motifs is 2. The van der Waals surface area contributed by atoms with Crippen LogP contribution in [0.4, 0.5) is 17.1 Å². The molecule has 2 aromatic carbocycles. The summed E-state index contributed by atoms with van der Waals surface area (Å²) >= 11 is 1.80. The summed E-state index contributed by atoms with van der Waals surface area (Å²) in [4.78, 5) is 12.5. The van der Waals surface area contributed by atoms with Crippen LogP contribution in [0.3, 0.4) is 0 Å². The van der Waals surface area contributed by atoms with Crippen LogP contribution in [-0.2, 0) is 24.9 Å². The number of carbonyl (C=O) groups excluding carboxylic acids is 1. The van der Waals surface area contributed by atoms with Crippen molar-refractivity contribution < 1.29 is 34.6 Å². The summed E-state index contributed by atoms with van der Waals surface area (Å²) in [5.41, 5.74) is 3.54. The minimum absolute atomic E-state index is 0. The van der Waals surface area contributed by atoms with Crippen molar-refractivity contribution in [2.75, 3.05) is 7.05 Å². The molecule has 2 aromatic rings. The van der Waals surface area contributed by atoms with Gasteiger partial charge in [0, 0.05) is 32.2 Å². The number of hydrogen-bond acceptors (Lipinski definition) is 3. The topological polar surface area (TPSA) is 43.3 Å². The SMILES string of the molecule is CC(=O)/C=C(/C)O.C[N+]1=C=[N+]2c3[c-]cccc3Sc3cccc1c32.[Ir]. The van der Waals surface area contributed by atoms with E-state index >= 15 is 0 Å². The molecule has 0 amide bonds. The molecule has 1 radical (unpaired) electrons. The van der Waals surface area contributed by atoms with Gasteiger partial charge in [0.15, 0.2) is 12.8 Å². The van der Waals surface area contributed by atoms with E-state index in [-0.39, 0.29) is 31.6 Å². The third kappa shape index (κ3) is 4.00. The Kier molecular flexibility index (Phi) is 6.15. The molecule has 0 saturated heterocycles. The molecule has 0 bridgehead atoms. The number of aliphatic hydroxyl groups is 1. The van der Waals surface area contributed by atoms with E-state index in [9.17, 15) is 4.79 Å². The second-order valence-electron chi connectivity index (χ2n) is 5.50. The first-order chi connectivity index (χ1) is 11.5. The number of benzene rings is 2. The summed E-state index contributed by atoms with van der Waals surface area (Å²) in [7, 11) is 2.03. The zero-order valence-corrected chi connectivity index (χ0v) is 17.2. The molecular formula is C19H17IrN2O2S+. The Morgan fingerprint density at radius 1 is 1.24 bits per heavy atom. The van der Waals surface area contributed by atoms with Crippen molar-refractivity contribution in [3.05, 3.63) is 54.3 Å². The van der Waals surface area contributed by atoms with Gasteiger partial charge in [-0.05, 0) is 24.8 Å². The van der Waals surface area contributed by atoms with Crippen LogP contribution in [0.2, 0.25) is 0 Å². The van der Waals surface area contributed by atoms with Gasteiger partial charge in [-0.25, -0.2) is 0 Å². The zero-order chi connectivity index (χ0) is 17.3. The number of hydrogen-bond donors (Lipinski definition) is 1. The van der Waals surface area contributed by atoms with Gasteiger partial charge >= 0.3 is 11.7 Å². The van der Waals surface area contributed by atoms with Gasteiger partial charge in [0.05, 0.1) is 10.7 Å². The Bertz CT molecular complexity index is 940. The predicted octanol–water partition coefficient (Wildman–Crippen LogP) is 4.28. The number of allylic oxidation sites excluding steroid dienone is 2. The molecule has 0 atom stereocenters. The number of aliphatic hydroxyl groups excluding tert-OH is 1. The van der Waals surface area contributed by atoms with Gasteiger partial charge in [-0.1, -0.05) is 15.2 Å². The van der Waals surface area contributed by atoms with Gasteiger partial charge in [-0.15, -0.1) is 17.8 Å². The molecular weight excluding hydrogens is 513 g/mol. The van der Waals surface area contributed by atoms with Gasteiger partial charge in [-0.3, -0.25) is 4.79 Å².